The highest BCUT2D eigenvalue weighted by molar-refractivity contribution is 5.94. The van der Waals surface area contributed by atoms with E-state index in [4.69, 9.17) is 15.2 Å². The van der Waals surface area contributed by atoms with Crippen LogP contribution >= 0.6 is 0 Å². The molecule has 2 aromatic rings. The predicted molar refractivity (Wildman–Crippen MR) is 111 cm³/mol. The zero-order valence-corrected chi connectivity index (χ0v) is 17.1. The summed E-state index contributed by atoms with van der Waals surface area (Å²) in [6.45, 7) is 3.22. The summed E-state index contributed by atoms with van der Waals surface area (Å²) >= 11 is 0. The number of likely N-dealkylation sites (N-methyl/N-ethyl adjacent to an activating group) is 1. The van der Waals surface area contributed by atoms with Crippen LogP contribution in [0.25, 0.3) is 0 Å². The minimum absolute atomic E-state index is 0.0310. The fraction of sp³-hybridized carbons (Fsp3) is 0.476. The fourth-order valence-corrected chi connectivity index (χ4v) is 3.42. The molecule has 1 aliphatic rings. The van der Waals surface area contributed by atoms with Crippen molar-refractivity contribution in [2.45, 2.75) is 25.4 Å². The van der Waals surface area contributed by atoms with E-state index in [1.807, 2.05) is 36.2 Å². The number of nitrogen functional groups attached to an aromatic ring is 1. The minimum atomic E-state index is 0.0310. The number of likely N-dealkylation sites (tertiary alicyclic amines) is 1. The van der Waals surface area contributed by atoms with Crippen molar-refractivity contribution in [1.82, 2.24) is 19.8 Å². The molecule has 1 aromatic carbocycles. The van der Waals surface area contributed by atoms with Gasteiger partial charge in [-0.1, -0.05) is 6.07 Å². The van der Waals surface area contributed by atoms with Gasteiger partial charge in [-0.3, -0.25) is 9.69 Å². The third kappa shape index (κ3) is 5.88. The number of anilines is 1. The Morgan fingerprint density at radius 3 is 3.00 bits per heavy atom. The number of carbonyl (C=O) groups excluding carboxylic acids is 1. The largest absolute Gasteiger partial charge is 0.493 e. The zero-order valence-electron chi connectivity index (χ0n) is 17.1. The van der Waals surface area contributed by atoms with Gasteiger partial charge in [0.05, 0.1) is 13.2 Å². The SMILES string of the molecule is COCCCOc1cccc(C(=O)N2CCC(N(C)Cc3nccc(N)n3)C2)c1. The van der Waals surface area contributed by atoms with Gasteiger partial charge in [0.15, 0.2) is 0 Å². The Balaban J connectivity index is 1.54. The molecule has 1 fully saturated rings. The molecule has 1 amide bonds. The molecule has 2 N–H and O–H groups in total. The van der Waals surface area contributed by atoms with Crippen LogP contribution in [0.2, 0.25) is 0 Å². The van der Waals surface area contributed by atoms with Crippen molar-refractivity contribution in [3.05, 3.63) is 47.9 Å². The summed E-state index contributed by atoms with van der Waals surface area (Å²) < 4.78 is 10.7. The lowest BCUT2D eigenvalue weighted by Gasteiger charge is -2.24. The molecular weight excluding hydrogens is 370 g/mol. The highest BCUT2D eigenvalue weighted by atomic mass is 16.5. The number of hydrogen-bond acceptors (Lipinski definition) is 7. The van der Waals surface area contributed by atoms with Crippen molar-refractivity contribution in [2.75, 3.05) is 46.2 Å². The van der Waals surface area contributed by atoms with Crippen LogP contribution in [0.15, 0.2) is 36.5 Å². The Labute approximate surface area is 171 Å². The van der Waals surface area contributed by atoms with Gasteiger partial charge in [-0.05, 0) is 37.7 Å². The molecule has 2 heterocycles. The Hall–Kier alpha value is -2.71. The van der Waals surface area contributed by atoms with Crippen LogP contribution in [0.4, 0.5) is 5.82 Å². The molecule has 0 saturated carbocycles. The Morgan fingerprint density at radius 1 is 1.34 bits per heavy atom. The second-order valence-electron chi connectivity index (χ2n) is 7.23. The van der Waals surface area contributed by atoms with E-state index in [2.05, 4.69) is 14.9 Å². The van der Waals surface area contributed by atoms with Gasteiger partial charge < -0.3 is 20.1 Å². The number of hydrogen-bond donors (Lipinski definition) is 1. The Kier molecular flexibility index (Phi) is 7.37. The van der Waals surface area contributed by atoms with Crippen LogP contribution in [0, 0.1) is 0 Å². The lowest BCUT2D eigenvalue weighted by molar-refractivity contribution is 0.0778. The van der Waals surface area contributed by atoms with E-state index in [1.165, 1.54) is 0 Å². The van der Waals surface area contributed by atoms with Gasteiger partial charge in [-0.25, -0.2) is 9.97 Å². The van der Waals surface area contributed by atoms with E-state index < -0.39 is 0 Å². The fourth-order valence-electron chi connectivity index (χ4n) is 3.42. The van der Waals surface area contributed by atoms with E-state index in [-0.39, 0.29) is 11.9 Å². The van der Waals surface area contributed by atoms with Crippen molar-refractivity contribution in [3.63, 3.8) is 0 Å². The molecule has 29 heavy (non-hydrogen) atoms. The number of ether oxygens (including phenoxy) is 2. The third-order valence-electron chi connectivity index (χ3n) is 5.03. The monoisotopic (exact) mass is 399 g/mol. The van der Waals surface area contributed by atoms with Gasteiger partial charge in [0.25, 0.3) is 5.91 Å². The maximum absolute atomic E-state index is 12.9. The van der Waals surface area contributed by atoms with Gasteiger partial charge in [-0.15, -0.1) is 0 Å². The van der Waals surface area contributed by atoms with Crippen molar-refractivity contribution >= 4 is 11.7 Å². The van der Waals surface area contributed by atoms with Crippen LogP contribution in [0.5, 0.6) is 5.75 Å². The van der Waals surface area contributed by atoms with Gasteiger partial charge in [0.1, 0.15) is 17.4 Å². The van der Waals surface area contributed by atoms with Crippen LogP contribution in [0.1, 0.15) is 29.0 Å². The first kappa shape index (κ1) is 21.0. The minimum Gasteiger partial charge on any atom is -0.493 e. The van der Waals surface area contributed by atoms with Gasteiger partial charge in [0, 0.05) is 51.0 Å². The maximum Gasteiger partial charge on any atom is 0.254 e. The first-order valence-corrected chi connectivity index (χ1v) is 9.85. The van der Waals surface area contributed by atoms with Crippen LogP contribution in [0.3, 0.4) is 0 Å². The van der Waals surface area contributed by atoms with Crippen LogP contribution in [-0.2, 0) is 11.3 Å². The molecule has 0 bridgehead atoms. The van der Waals surface area contributed by atoms with E-state index in [1.54, 1.807) is 19.4 Å². The van der Waals surface area contributed by atoms with Crippen molar-refractivity contribution in [1.29, 1.82) is 0 Å². The van der Waals surface area contributed by atoms with Gasteiger partial charge in [0.2, 0.25) is 0 Å². The van der Waals surface area contributed by atoms with E-state index in [0.29, 0.717) is 49.3 Å². The summed E-state index contributed by atoms with van der Waals surface area (Å²) in [5.74, 6) is 1.90. The molecule has 1 saturated heterocycles. The lowest BCUT2D eigenvalue weighted by Crippen LogP contribution is -2.36. The maximum atomic E-state index is 12.9. The number of nitrogens with zero attached hydrogens (tertiary/aromatic N) is 4. The average molecular weight is 399 g/mol. The summed E-state index contributed by atoms with van der Waals surface area (Å²) in [4.78, 5) is 25.5. The molecule has 8 heteroatoms. The topological polar surface area (TPSA) is 93.8 Å². The summed E-state index contributed by atoms with van der Waals surface area (Å²) in [5, 5.41) is 0. The third-order valence-corrected chi connectivity index (χ3v) is 5.03. The number of rotatable bonds is 9. The molecule has 8 nitrogen and oxygen atoms in total. The molecule has 156 valence electrons. The lowest BCUT2D eigenvalue weighted by atomic mass is 10.2. The number of carbonyl (C=O) groups is 1. The van der Waals surface area contributed by atoms with Crippen molar-refractivity contribution in [2.24, 2.45) is 0 Å². The molecule has 1 unspecified atom stereocenters. The second kappa shape index (κ2) is 10.2. The summed E-state index contributed by atoms with van der Waals surface area (Å²) in [6, 6.07) is 9.31. The molecule has 1 atom stereocenters. The van der Waals surface area contributed by atoms with E-state index in [9.17, 15) is 4.79 Å². The quantitative estimate of drug-likeness (QED) is 0.643. The molecule has 0 radical (unpaired) electrons. The molecular formula is C21H29N5O3. The molecule has 0 aliphatic carbocycles. The molecule has 1 aliphatic heterocycles. The van der Waals surface area contributed by atoms with E-state index >= 15 is 0 Å². The first-order chi connectivity index (χ1) is 14.1. The van der Waals surface area contributed by atoms with Gasteiger partial charge >= 0.3 is 0 Å². The van der Waals surface area contributed by atoms with Crippen LogP contribution in [-0.4, -0.2) is 72.2 Å². The number of benzene rings is 1. The molecule has 3 rings (SSSR count). The van der Waals surface area contributed by atoms with Gasteiger partial charge in [-0.2, -0.15) is 0 Å². The molecule has 1 aromatic heterocycles. The second-order valence-corrected chi connectivity index (χ2v) is 7.23. The average Bonchev–Trinajstić information content (AvgIpc) is 3.21. The summed E-state index contributed by atoms with van der Waals surface area (Å²) in [6.07, 6.45) is 3.39. The van der Waals surface area contributed by atoms with Crippen molar-refractivity contribution in [3.8, 4) is 5.75 Å². The number of aromatic nitrogens is 2. The Morgan fingerprint density at radius 2 is 2.21 bits per heavy atom. The standard InChI is InChI=1S/C21H29N5O3/c1-25(15-20-23-9-7-19(22)24-20)17-8-10-26(14-17)21(27)16-5-3-6-18(13-16)29-12-4-11-28-2/h3,5-7,9,13,17H,4,8,10-12,14-15H2,1-2H3,(H2,22,23,24). The van der Waals surface area contributed by atoms with Crippen LogP contribution < -0.4 is 10.5 Å². The summed E-state index contributed by atoms with van der Waals surface area (Å²) in [5.41, 5.74) is 6.38. The smallest absolute Gasteiger partial charge is 0.254 e. The Bertz CT molecular complexity index is 816. The first-order valence-electron chi connectivity index (χ1n) is 9.85. The number of methoxy groups -OCH3 is 1. The number of amides is 1. The van der Waals surface area contributed by atoms with Crippen molar-refractivity contribution < 1.29 is 14.3 Å². The highest BCUT2D eigenvalue weighted by Crippen LogP contribution is 2.21. The van der Waals surface area contributed by atoms with E-state index in [0.717, 1.165) is 19.4 Å². The normalized spacial score (nSPS) is 16.4. The molecule has 0 spiro atoms. The zero-order chi connectivity index (χ0) is 20.6. The predicted octanol–water partition coefficient (Wildman–Crippen LogP) is 1.82. The summed E-state index contributed by atoms with van der Waals surface area (Å²) in [7, 11) is 3.70. The highest BCUT2D eigenvalue weighted by Gasteiger charge is 2.29. The number of nitrogens with two attached hydrogens (primary N) is 1.